The van der Waals surface area contributed by atoms with E-state index in [1.807, 2.05) is 14.1 Å². The summed E-state index contributed by atoms with van der Waals surface area (Å²) in [5.74, 6) is 0. The second kappa shape index (κ2) is 11.7. The molecule has 0 aliphatic heterocycles. The van der Waals surface area contributed by atoms with Crippen molar-refractivity contribution in [3.05, 3.63) is 10.6 Å². The summed E-state index contributed by atoms with van der Waals surface area (Å²) in [5.41, 5.74) is 0. The van der Waals surface area contributed by atoms with Crippen molar-refractivity contribution in [1.82, 2.24) is 0 Å². The number of likely N-dealkylation sites (N-methyl/N-ethyl adjacent to an activating group) is 2. The Morgan fingerprint density at radius 1 is 0.800 bits per heavy atom. The number of nitrogens with zero attached hydrogens (tertiary/aromatic N) is 2. The Hall–Kier alpha value is 1.17. The molecular weight excluding hydrogens is 331 g/mol. The van der Waals surface area contributed by atoms with Crippen molar-refractivity contribution in [2.75, 3.05) is 14.1 Å². The molecule has 2 aliphatic rings. The zero-order valence-corrected chi connectivity index (χ0v) is 15.6. The molecule has 4 unspecified atom stereocenters. The first-order valence-corrected chi connectivity index (χ1v) is 11.9. The van der Waals surface area contributed by atoms with Crippen molar-refractivity contribution in [3.8, 4) is 0 Å². The molecule has 0 radical (unpaired) electrons. The topological polar surface area (TPSA) is 37.4 Å². The van der Waals surface area contributed by atoms with Gasteiger partial charge in [0.2, 0.25) is 0 Å². The van der Waals surface area contributed by atoms with Gasteiger partial charge in [0.1, 0.15) is 0 Å². The molecule has 0 bridgehead atoms. The van der Waals surface area contributed by atoms with Gasteiger partial charge >= 0.3 is 35.6 Å². The Kier molecular flexibility index (Phi) is 11.2. The molecule has 2 aliphatic carbocycles. The standard InChI is InChI=1S/C14H26N2O.2ClH.Ti/c1-15-11-7-3-5-9-13(11)17-14-10-6-4-8-12(14)16-2;;;/h11-14H,3-10H2,1-2H3;2*1H;/q-2;;;+2/p-2. The molecule has 0 aromatic heterocycles. The molecule has 4 atom stereocenters. The van der Waals surface area contributed by atoms with Gasteiger partial charge in [-0.25, -0.2) is 0 Å². The normalized spacial score (nSPS) is 34.0. The predicted molar refractivity (Wildman–Crippen MR) is 83.4 cm³/mol. The Labute approximate surface area is 140 Å². The fourth-order valence-electron chi connectivity index (χ4n) is 3.29. The van der Waals surface area contributed by atoms with Gasteiger partial charge in [0.05, 0.1) is 0 Å². The minimum atomic E-state index is -0.556. The maximum atomic E-state index is 6.35. The quantitative estimate of drug-likeness (QED) is 0.652. The molecule has 0 N–H and O–H groups in total. The van der Waals surface area contributed by atoms with Crippen LogP contribution in [-0.2, 0) is 21.8 Å². The maximum absolute atomic E-state index is 6.35. The van der Waals surface area contributed by atoms with Gasteiger partial charge in [0, 0.05) is 12.2 Å². The summed E-state index contributed by atoms with van der Waals surface area (Å²) in [6.45, 7) is 0. The van der Waals surface area contributed by atoms with Crippen molar-refractivity contribution in [2.24, 2.45) is 0 Å². The molecule has 0 amide bonds. The van der Waals surface area contributed by atoms with Crippen LogP contribution in [0.2, 0.25) is 0 Å². The average Bonchev–Trinajstić information content (AvgIpc) is 2.49. The van der Waals surface area contributed by atoms with E-state index < -0.39 is 17.0 Å². The van der Waals surface area contributed by atoms with Gasteiger partial charge < -0.3 is 15.4 Å². The van der Waals surface area contributed by atoms with Gasteiger partial charge in [0.15, 0.2) is 0 Å². The van der Waals surface area contributed by atoms with Crippen LogP contribution in [0.3, 0.4) is 0 Å². The second-order valence-corrected chi connectivity index (χ2v) is 8.08. The summed E-state index contributed by atoms with van der Waals surface area (Å²) >= 11 is -0.556. The number of halogens is 2. The van der Waals surface area contributed by atoms with E-state index in [0.29, 0.717) is 24.3 Å². The molecule has 0 spiro atoms. The second-order valence-electron chi connectivity index (χ2n) is 5.50. The predicted octanol–water partition coefficient (Wildman–Crippen LogP) is 5.01. The summed E-state index contributed by atoms with van der Waals surface area (Å²) in [6, 6.07) is 0.867. The number of hydrogen-bond acceptors (Lipinski definition) is 1. The summed E-state index contributed by atoms with van der Waals surface area (Å²) in [7, 11) is 13.7. The number of hydrogen-bond donors (Lipinski definition) is 0. The summed E-state index contributed by atoms with van der Waals surface area (Å²) in [4.78, 5) is 0. The van der Waals surface area contributed by atoms with Crippen LogP contribution < -0.4 is 0 Å². The Morgan fingerprint density at radius 2 is 1.15 bits per heavy atom. The van der Waals surface area contributed by atoms with Crippen LogP contribution in [0.25, 0.3) is 10.6 Å². The van der Waals surface area contributed by atoms with Crippen molar-refractivity contribution in [2.45, 2.75) is 75.7 Å². The molecular formula is C14H26Cl2N2OTi-2. The van der Waals surface area contributed by atoms with Crippen molar-refractivity contribution < 1.29 is 21.8 Å². The monoisotopic (exact) mass is 356 g/mol. The van der Waals surface area contributed by atoms with E-state index >= 15 is 0 Å². The molecule has 6 heteroatoms. The van der Waals surface area contributed by atoms with E-state index in [0.717, 1.165) is 0 Å². The summed E-state index contributed by atoms with van der Waals surface area (Å²) in [5, 5.41) is 8.98. The van der Waals surface area contributed by atoms with Crippen LogP contribution in [0.5, 0.6) is 0 Å². The van der Waals surface area contributed by atoms with Gasteiger partial charge in [-0.2, -0.15) is 14.1 Å². The van der Waals surface area contributed by atoms with E-state index in [2.05, 4.69) is 10.6 Å². The molecule has 2 saturated carbocycles. The zero-order chi connectivity index (χ0) is 14.8. The van der Waals surface area contributed by atoms with E-state index in [1.54, 1.807) is 0 Å². The molecule has 2 rings (SSSR count). The first-order chi connectivity index (χ1) is 9.76. The van der Waals surface area contributed by atoms with E-state index in [9.17, 15) is 0 Å². The first-order valence-electron chi connectivity index (χ1n) is 7.56. The molecule has 0 aromatic carbocycles. The minimum absolute atomic E-state index is 0.362. The van der Waals surface area contributed by atoms with Crippen molar-refractivity contribution >= 4 is 18.6 Å². The van der Waals surface area contributed by atoms with Gasteiger partial charge in [0.25, 0.3) is 0 Å². The molecule has 0 aromatic rings. The van der Waals surface area contributed by atoms with Gasteiger partial charge in [-0.15, -0.1) is 12.1 Å². The third-order valence-electron chi connectivity index (χ3n) is 4.35. The summed E-state index contributed by atoms with van der Waals surface area (Å²) in [6.07, 6.45) is 10.8. The fraction of sp³-hybridized carbons (Fsp3) is 1.00. The Balaban J connectivity index is 0.000000612. The molecule has 20 heavy (non-hydrogen) atoms. The van der Waals surface area contributed by atoms with Crippen LogP contribution >= 0.6 is 18.6 Å². The van der Waals surface area contributed by atoms with E-state index in [1.165, 1.54) is 51.4 Å². The Morgan fingerprint density at radius 3 is 1.50 bits per heavy atom. The number of ether oxygens (including phenoxy) is 1. The molecule has 118 valence electrons. The van der Waals surface area contributed by atoms with Crippen LogP contribution in [0.4, 0.5) is 0 Å². The molecule has 0 heterocycles. The first kappa shape index (κ1) is 19.2. The van der Waals surface area contributed by atoms with Crippen LogP contribution in [0.15, 0.2) is 0 Å². The molecule has 0 saturated heterocycles. The van der Waals surface area contributed by atoms with E-state index in [4.69, 9.17) is 23.3 Å². The average molecular weight is 357 g/mol. The molecule has 3 nitrogen and oxygen atoms in total. The van der Waals surface area contributed by atoms with Gasteiger partial charge in [-0.1, -0.05) is 38.5 Å². The zero-order valence-electron chi connectivity index (χ0n) is 12.5. The molecule has 2 fully saturated rings. The van der Waals surface area contributed by atoms with E-state index in [-0.39, 0.29) is 0 Å². The van der Waals surface area contributed by atoms with Crippen molar-refractivity contribution in [3.63, 3.8) is 0 Å². The third kappa shape index (κ3) is 6.52. The third-order valence-corrected chi connectivity index (χ3v) is 4.35. The number of rotatable bonds is 4. The van der Waals surface area contributed by atoms with Gasteiger partial charge in [-0.3, -0.25) is 0 Å². The van der Waals surface area contributed by atoms with Gasteiger partial charge in [-0.05, 0) is 12.8 Å². The van der Waals surface area contributed by atoms with Crippen LogP contribution in [0.1, 0.15) is 51.4 Å². The van der Waals surface area contributed by atoms with Crippen molar-refractivity contribution in [1.29, 1.82) is 0 Å². The van der Waals surface area contributed by atoms with Crippen LogP contribution in [-0.4, -0.2) is 38.4 Å². The summed E-state index contributed by atoms with van der Waals surface area (Å²) < 4.78 is 6.35. The fourth-order valence-corrected chi connectivity index (χ4v) is 3.29. The SMILES string of the molecule is C[N-]C1CCCCC1OC1CCCCC1[N-]C.[Cl][Ti][Cl]. The van der Waals surface area contributed by atoms with Crippen LogP contribution in [0, 0.1) is 0 Å². The Bertz CT molecular complexity index is 227.